The van der Waals surface area contributed by atoms with Crippen molar-refractivity contribution < 1.29 is 9.53 Å². The second-order valence-corrected chi connectivity index (χ2v) is 5.66. The molecule has 2 rings (SSSR count). The third kappa shape index (κ3) is 5.20. The molecular formula is C14H19BrN2O2. The van der Waals surface area contributed by atoms with Crippen molar-refractivity contribution in [1.82, 2.24) is 10.6 Å². The standard InChI is InChI=1S/C14H19BrN2O2/c15-13-3-1-11(2-4-13)9-16-14(18)17-10-12-5-7-19-8-6-12/h1-4,12H,5-10H2,(H2,16,17,18). The zero-order valence-corrected chi connectivity index (χ0v) is 12.4. The number of carbonyl (C=O) groups is 1. The largest absolute Gasteiger partial charge is 0.381 e. The summed E-state index contributed by atoms with van der Waals surface area (Å²) in [6, 6.07) is 7.81. The van der Waals surface area contributed by atoms with Crippen LogP contribution >= 0.6 is 15.9 Å². The Kier molecular flexibility index (Phi) is 5.66. The molecule has 1 aliphatic heterocycles. The van der Waals surface area contributed by atoms with Crippen LogP contribution in [0.1, 0.15) is 18.4 Å². The van der Waals surface area contributed by atoms with Crippen molar-refractivity contribution in [2.75, 3.05) is 19.8 Å². The van der Waals surface area contributed by atoms with Crippen molar-refractivity contribution in [3.63, 3.8) is 0 Å². The topological polar surface area (TPSA) is 50.4 Å². The Bertz CT molecular complexity index is 402. The van der Waals surface area contributed by atoms with Gasteiger partial charge in [-0.05, 0) is 36.5 Å². The lowest BCUT2D eigenvalue weighted by Gasteiger charge is -2.22. The lowest BCUT2D eigenvalue weighted by Crippen LogP contribution is -2.39. The van der Waals surface area contributed by atoms with E-state index in [0.29, 0.717) is 12.5 Å². The van der Waals surface area contributed by atoms with E-state index in [9.17, 15) is 4.79 Å². The minimum Gasteiger partial charge on any atom is -0.381 e. The van der Waals surface area contributed by atoms with Gasteiger partial charge in [0.05, 0.1) is 0 Å². The van der Waals surface area contributed by atoms with Crippen molar-refractivity contribution in [2.24, 2.45) is 5.92 Å². The highest BCUT2D eigenvalue weighted by Gasteiger charge is 2.14. The Morgan fingerprint density at radius 2 is 1.89 bits per heavy atom. The summed E-state index contributed by atoms with van der Waals surface area (Å²) in [5.41, 5.74) is 1.09. The van der Waals surface area contributed by atoms with E-state index in [1.54, 1.807) is 0 Å². The van der Waals surface area contributed by atoms with E-state index in [0.717, 1.165) is 42.6 Å². The SMILES string of the molecule is O=C(NCc1ccc(Br)cc1)NCC1CCOCC1. The number of hydrogen-bond donors (Lipinski definition) is 2. The average Bonchev–Trinajstić information content (AvgIpc) is 2.45. The third-order valence-corrected chi connectivity index (χ3v) is 3.79. The number of amides is 2. The fourth-order valence-electron chi connectivity index (χ4n) is 2.03. The number of halogens is 1. The van der Waals surface area contributed by atoms with Crippen LogP contribution in [0.15, 0.2) is 28.7 Å². The van der Waals surface area contributed by atoms with Crippen LogP contribution in [0.5, 0.6) is 0 Å². The lowest BCUT2D eigenvalue weighted by atomic mass is 10.0. The van der Waals surface area contributed by atoms with Gasteiger partial charge in [-0.15, -0.1) is 0 Å². The summed E-state index contributed by atoms with van der Waals surface area (Å²) in [6.07, 6.45) is 2.07. The number of hydrogen-bond acceptors (Lipinski definition) is 2. The summed E-state index contributed by atoms with van der Waals surface area (Å²) in [6.45, 7) is 2.90. The van der Waals surface area contributed by atoms with E-state index in [1.165, 1.54) is 0 Å². The summed E-state index contributed by atoms with van der Waals surface area (Å²) in [7, 11) is 0. The van der Waals surface area contributed by atoms with E-state index in [4.69, 9.17) is 4.74 Å². The number of nitrogens with one attached hydrogen (secondary N) is 2. The van der Waals surface area contributed by atoms with Gasteiger partial charge in [0.1, 0.15) is 0 Å². The maximum Gasteiger partial charge on any atom is 0.315 e. The third-order valence-electron chi connectivity index (χ3n) is 3.26. The van der Waals surface area contributed by atoms with Gasteiger partial charge in [0.2, 0.25) is 0 Å². The predicted octanol–water partition coefficient (Wildman–Crippen LogP) is 2.67. The molecule has 0 radical (unpaired) electrons. The molecule has 1 aliphatic rings. The van der Waals surface area contributed by atoms with E-state index in [-0.39, 0.29) is 6.03 Å². The minimum atomic E-state index is -0.102. The Morgan fingerprint density at radius 3 is 2.58 bits per heavy atom. The molecule has 1 heterocycles. The Hall–Kier alpha value is -1.07. The van der Waals surface area contributed by atoms with Gasteiger partial charge >= 0.3 is 6.03 Å². The normalized spacial score (nSPS) is 16.1. The van der Waals surface area contributed by atoms with E-state index < -0.39 is 0 Å². The molecule has 1 fully saturated rings. The Labute approximate surface area is 122 Å². The van der Waals surface area contributed by atoms with Crippen molar-refractivity contribution in [3.05, 3.63) is 34.3 Å². The summed E-state index contributed by atoms with van der Waals surface area (Å²) in [5.74, 6) is 0.548. The fraction of sp³-hybridized carbons (Fsp3) is 0.500. The number of rotatable bonds is 4. The van der Waals surface area contributed by atoms with Crippen LogP contribution in [-0.2, 0) is 11.3 Å². The molecule has 5 heteroatoms. The molecule has 2 amide bonds. The van der Waals surface area contributed by atoms with Crippen LogP contribution in [0.25, 0.3) is 0 Å². The predicted molar refractivity (Wildman–Crippen MR) is 77.9 cm³/mol. The van der Waals surface area contributed by atoms with Gasteiger partial charge in [0, 0.05) is 30.8 Å². The first-order valence-electron chi connectivity index (χ1n) is 6.58. The van der Waals surface area contributed by atoms with Crippen LogP contribution in [0.4, 0.5) is 4.79 Å². The summed E-state index contributed by atoms with van der Waals surface area (Å²) in [5, 5.41) is 5.78. The van der Waals surface area contributed by atoms with Gasteiger partial charge in [-0.25, -0.2) is 4.79 Å². The second-order valence-electron chi connectivity index (χ2n) is 4.75. The van der Waals surface area contributed by atoms with Crippen molar-refractivity contribution in [2.45, 2.75) is 19.4 Å². The van der Waals surface area contributed by atoms with Crippen LogP contribution in [0, 0.1) is 5.92 Å². The fourth-order valence-corrected chi connectivity index (χ4v) is 2.30. The molecule has 0 unspecified atom stereocenters. The Balaban J connectivity index is 1.65. The molecule has 0 saturated carbocycles. The first-order chi connectivity index (χ1) is 9.24. The lowest BCUT2D eigenvalue weighted by molar-refractivity contribution is 0.0669. The molecule has 0 aliphatic carbocycles. The number of carbonyl (C=O) groups excluding carboxylic acids is 1. The zero-order valence-electron chi connectivity index (χ0n) is 10.8. The molecule has 0 aromatic heterocycles. The maximum atomic E-state index is 11.7. The first kappa shape index (κ1) is 14.3. The summed E-state index contributed by atoms with van der Waals surface area (Å²) in [4.78, 5) is 11.7. The molecule has 1 aromatic rings. The second kappa shape index (κ2) is 7.50. The van der Waals surface area contributed by atoms with Gasteiger partial charge in [0.25, 0.3) is 0 Å². The van der Waals surface area contributed by atoms with Gasteiger partial charge < -0.3 is 15.4 Å². The van der Waals surface area contributed by atoms with E-state index in [2.05, 4.69) is 26.6 Å². The molecule has 19 heavy (non-hydrogen) atoms. The van der Waals surface area contributed by atoms with Crippen LogP contribution < -0.4 is 10.6 Å². The number of urea groups is 1. The van der Waals surface area contributed by atoms with E-state index in [1.807, 2.05) is 24.3 Å². The van der Waals surface area contributed by atoms with Crippen molar-refractivity contribution in [3.8, 4) is 0 Å². The Morgan fingerprint density at radius 1 is 1.21 bits per heavy atom. The van der Waals surface area contributed by atoms with Crippen LogP contribution in [0.3, 0.4) is 0 Å². The van der Waals surface area contributed by atoms with Gasteiger partial charge in [-0.1, -0.05) is 28.1 Å². The van der Waals surface area contributed by atoms with Gasteiger partial charge in [0.15, 0.2) is 0 Å². The monoisotopic (exact) mass is 326 g/mol. The summed E-state index contributed by atoms with van der Waals surface area (Å²) < 4.78 is 6.33. The van der Waals surface area contributed by atoms with Gasteiger partial charge in [-0.2, -0.15) is 0 Å². The van der Waals surface area contributed by atoms with Crippen LogP contribution in [0.2, 0.25) is 0 Å². The number of benzene rings is 1. The smallest absolute Gasteiger partial charge is 0.315 e. The molecule has 2 N–H and O–H groups in total. The molecule has 0 atom stereocenters. The molecule has 0 bridgehead atoms. The summed E-state index contributed by atoms with van der Waals surface area (Å²) >= 11 is 3.38. The molecule has 1 aromatic carbocycles. The maximum absolute atomic E-state index is 11.7. The average molecular weight is 327 g/mol. The molecule has 0 spiro atoms. The molecule has 4 nitrogen and oxygen atoms in total. The highest BCUT2D eigenvalue weighted by Crippen LogP contribution is 2.13. The van der Waals surface area contributed by atoms with Gasteiger partial charge in [-0.3, -0.25) is 0 Å². The molecule has 1 saturated heterocycles. The van der Waals surface area contributed by atoms with Crippen LogP contribution in [-0.4, -0.2) is 25.8 Å². The zero-order chi connectivity index (χ0) is 13.5. The van der Waals surface area contributed by atoms with Crippen molar-refractivity contribution >= 4 is 22.0 Å². The highest BCUT2D eigenvalue weighted by atomic mass is 79.9. The highest BCUT2D eigenvalue weighted by molar-refractivity contribution is 9.10. The molecule has 104 valence electrons. The van der Waals surface area contributed by atoms with Crippen molar-refractivity contribution in [1.29, 1.82) is 0 Å². The molecular weight excluding hydrogens is 308 g/mol. The number of ether oxygens (including phenoxy) is 1. The quantitative estimate of drug-likeness (QED) is 0.893. The first-order valence-corrected chi connectivity index (χ1v) is 7.37. The minimum absolute atomic E-state index is 0.102. The van der Waals surface area contributed by atoms with E-state index >= 15 is 0 Å².